The van der Waals surface area contributed by atoms with Crippen LogP contribution in [-0.4, -0.2) is 65.6 Å². The van der Waals surface area contributed by atoms with Crippen molar-refractivity contribution in [3.8, 4) is 11.5 Å². The van der Waals surface area contributed by atoms with E-state index in [0.717, 1.165) is 4.31 Å². The fourth-order valence-electron chi connectivity index (χ4n) is 2.48. The zero-order valence-electron chi connectivity index (χ0n) is 17.6. The summed E-state index contributed by atoms with van der Waals surface area (Å²) in [5.74, 6) is -0.0777. The molecule has 0 unspecified atom stereocenters. The topological polar surface area (TPSA) is 126 Å². The molecule has 10 nitrogen and oxygen atoms in total. The second-order valence-corrected chi connectivity index (χ2v) is 8.52. The van der Waals surface area contributed by atoms with E-state index in [-0.39, 0.29) is 17.0 Å². The fourth-order valence-corrected chi connectivity index (χ4v) is 3.38. The fraction of sp³-hybridized carbons (Fsp3) is 0.250. The molecule has 0 aliphatic heterocycles. The summed E-state index contributed by atoms with van der Waals surface area (Å²) in [7, 11) is 2.26. The van der Waals surface area contributed by atoms with Gasteiger partial charge in [-0.3, -0.25) is 9.59 Å². The van der Waals surface area contributed by atoms with Crippen LogP contribution >= 0.6 is 0 Å². The average Bonchev–Trinajstić information content (AvgIpc) is 2.77. The summed E-state index contributed by atoms with van der Waals surface area (Å²) in [5.41, 5.74) is 3.12. The zero-order valence-corrected chi connectivity index (χ0v) is 18.4. The number of carbonyl (C=O) groups excluding carboxylic acids is 2. The van der Waals surface area contributed by atoms with Crippen LogP contribution in [0.2, 0.25) is 0 Å². The van der Waals surface area contributed by atoms with E-state index < -0.39 is 21.8 Å². The molecule has 0 fully saturated rings. The Morgan fingerprint density at radius 2 is 1.74 bits per heavy atom. The molecule has 0 saturated heterocycles. The highest BCUT2D eigenvalue weighted by Crippen LogP contribution is 2.29. The van der Waals surface area contributed by atoms with Crippen molar-refractivity contribution in [2.75, 3.05) is 34.9 Å². The molecule has 166 valence electrons. The summed E-state index contributed by atoms with van der Waals surface area (Å²) >= 11 is 0. The van der Waals surface area contributed by atoms with Gasteiger partial charge in [-0.05, 0) is 36.4 Å². The molecule has 31 heavy (non-hydrogen) atoms. The van der Waals surface area contributed by atoms with Crippen molar-refractivity contribution < 1.29 is 27.5 Å². The average molecular weight is 449 g/mol. The van der Waals surface area contributed by atoms with Gasteiger partial charge in [0.15, 0.2) is 11.5 Å². The van der Waals surface area contributed by atoms with E-state index in [1.54, 1.807) is 18.2 Å². The SMILES string of the molecule is COc1cccc(/C=N/NC(=O)CNC(=O)c2ccc(S(=O)(=O)N(C)C)cc2)c1OC. The van der Waals surface area contributed by atoms with Gasteiger partial charge in [-0.1, -0.05) is 6.07 Å². The van der Waals surface area contributed by atoms with E-state index in [9.17, 15) is 18.0 Å². The number of hydrogen-bond donors (Lipinski definition) is 2. The molecule has 2 aromatic rings. The van der Waals surface area contributed by atoms with Crippen LogP contribution in [0.4, 0.5) is 0 Å². The number of nitrogens with one attached hydrogen (secondary N) is 2. The highest BCUT2D eigenvalue weighted by atomic mass is 32.2. The van der Waals surface area contributed by atoms with E-state index in [1.807, 2.05) is 0 Å². The minimum absolute atomic E-state index is 0.0640. The molecule has 0 bridgehead atoms. The summed E-state index contributed by atoms with van der Waals surface area (Å²) in [6.07, 6.45) is 1.39. The lowest BCUT2D eigenvalue weighted by Crippen LogP contribution is -2.35. The smallest absolute Gasteiger partial charge is 0.259 e. The molecule has 2 aromatic carbocycles. The number of nitrogens with zero attached hydrogens (tertiary/aromatic N) is 2. The molecule has 0 atom stereocenters. The maximum atomic E-state index is 12.2. The minimum atomic E-state index is -3.58. The highest BCUT2D eigenvalue weighted by Gasteiger charge is 2.17. The van der Waals surface area contributed by atoms with Crippen LogP contribution in [0.15, 0.2) is 52.5 Å². The second kappa shape index (κ2) is 10.5. The van der Waals surface area contributed by atoms with Crippen molar-refractivity contribution in [3.05, 3.63) is 53.6 Å². The zero-order chi connectivity index (χ0) is 23.0. The number of carbonyl (C=O) groups is 2. The van der Waals surface area contributed by atoms with Gasteiger partial charge in [0.25, 0.3) is 11.8 Å². The Hall–Kier alpha value is -3.44. The third kappa shape index (κ3) is 6.03. The molecular weight excluding hydrogens is 424 g/mol. The largest absolute Gasteiger partial charge is 0.493 e. The Bertz CT molecular complexity index is 1070. The minimum Gasteiger partial charge on any atom is -0.493 e. The molecule has 0 radical (unpaired) electrons. The van der Waals surface area contributed by atoms with Gasteiger partial charge in [-0.2, -0.15) is 5.10 Å². The quantitative estimate of drug-likeness (QED) is 0.432. The monoisotopic (exact) mass is 448 g/mol. The van der Waals surface area contributed by atoms with Crippen molar-refractivity contribution >= 4 is 28.1 Å². The van der Waals surface area contributed by atoms with E-state index in [1.165, 1.54) is 58.8 Å². The van der Waals surface area contributed by atoms with E-state index in [0.29, 0.717) is 17.1 Å². The lowest BCUT2D eigenvalue weighted by atomic mass is 10.2. The van der Waals surface area contributed by atoms with E-state index in [2.05, 4.69) is 15.8 Å². The lowest BCUT2D eigenvalue weighted by molar-refractivity contribution is -0.120. The number of para-hydroxylation sites is 1. The number of hydrogen-bond acceptors (Lipinski definition) is 7. The molecule has 0 aliphatic rings. The Kier molecular flexibility index (Phi) is 8.11. The second-order valence-electron chi connectivity index (χ2n) is 6.37. The van der Waals surface area contributed by atoms with Crippen LogP contribution in [0.25, 0.3) is 0 Å². The Morgan fingerprint density at radius 1 is 1.06 bits per heavy atom. The number of rotatable bonds is 9. The van der Waals surface area contributed by atoms with E-state index in [4.69, 9.17) is 9.47 Å². The molecule has 0 saturated carbocycles. The number of ether oxygens (including phenoxy) is 2. The molecule has 11 heteroatoms. The first kappa shape index (κ1) is 23.8. The van der Waals surface area contributed by atoms with Gasteiger partial charge in [0.1, 0.15) is 0 Å². The number of hydrazone groups is 1. The summed E-state index contributed by atoms with van der Waals surface area (Å²) in [5, 5.41) is 6.29. The summed E-state index contributed by atoms with van der Waals surface area (Å²) in [6, 6.07) is 10.6. The lowest BCUT2D eigenvalue weighted by Gasteiger charge is -2.11. The van der Waals surface area contributed by atoms with Crippen molar-refractivity contribution in [2.45, 2.75) is 4.90 Å². The molecule has 2 rings (SSSR count). The first-order valence-electron chi connectivity index (χ1n) is 9.04. The first-order valence-corrected chi connectivity index (χ1v) is 10.5. The van der Waals surface area contributed by atoms with Crippen molar-refractivity contribution in [3.63, 3.8) is 0 Å². The molecule has 0 heterocycles. The molecule has 2 N–H and O–H groups in total. The molecule has 2 amide bonds. The molecular formula is C20H24N4O6S. The number of methoxy groups -OCH3 is 2. The molecule has 0 aliphatic carbocycles. The van der Waals surface area contributed by atoms with Crippen molar-refractivity contribution in [1.82, 2.24) is 15.0 Å². The van der Waals surface area contributed by atoms with Gasteiger partial charge >= 0.3 is 0 Å². The number of benzene rings is 2. The van der Waals surface area contributed by atoms with Crippen molar-refractivity contribution in [2.24, 2.45) is 5.10 Å². The van der Waals surface area contributed by atoms with Gasteiger partial charge in [0, 0.05) is 25.2 Å². The normalized spacial score (nSPS) is 11.4. The summed E-state index contributed by atoms with van der Waals surface area (Å²) in [4.78, 5) is 24.2. The van der Waals surface area contributed by atoms with Crippen molar-refractivity contribution in [1.29, 1.82) is 0 Å². The molecule has 0 spiro atoms. The standard InChI is InChI=1S/C20H24N4O6S/c1-24(2)31(27,28)16-10-8-14(9-11-16)20(26)21-13-18(25)23-22-12-15-6-5-7-17(29-3)19(15)30-4/h5-12H,13H2,1-4H3,(H,21,26)(H,23,25)/b22-12+. The van der Waals surface area contributed by atoms with Crippen LogP contribution in [0.3, 0.4) is 0 Å². The maximum absolute atomic E-state index is 12.2. The number of sulfonamides is 1. The van der Waals surface area contributed by atoms with Gasteiger partial charge in [0.05, 0.1) is 31.9 Å². The Morgan fingerprint density at radius 3 is 2.32 bits per heavy atom. The first-order chi connectivity index (χ1) is 14.7. The Labute approximate surface area is 180 Å². The van der Waals surface area contributed by atoms with Crippen LogP contribution in [0.1, 0.15) is 15.9 Å². The Balaban J connectivity index is 1.92. The molecule has 0 aromatic heterocycles. The summed E-state index contributed by atoms with van der Waals surface area (Å²) < 4.78 is 35.6. The van der Waals surface area contributed by atoms with E-state index >= 15 is 0 Å². The van der Waals surface area contributed by atoms with Crippen LogP contribution < -0.4 is 20.2 Å². The summed E-state index contributed by atoms with van der Waals surface area (Å²) in [6.45, 7) is -0.316. The third-order valence-corrected chi connectivity index (χ3v) is 5.96. The highest BCUT2D eigenvalue weighted by molar-refractivity contribution is 7.89. The van der Waals surface area contributed by atoms with Gasteiger partial charge in [-0.25, -0.2) is 18.1 Å². The number of amides is 2. The van der Waals surface area contributed by atoms with Crippen LogP contribution in [0, 0.1) is 0 Å². The third-order valence-electron chi connectivity index (χ3n) is 4.13. The van der Waals surface area contributed by atoms with Gasteiger partial charge < -0.3 is 14.8 Å². The van der Waals surface area contributed by atoms with Crippen LogP contribution in [0.5, 0.6) is 11.5 Å². The van der Waals surface area contributed by atoms with Gasteiger partial charge in [-0.15, -0.1) is 0 Å². The van der Waals surface area contributed by atoms with Crippen LogP contribution in [-0.2, 0) is 14.8 Å². The predicted octanol–water partition coefficient (Wildman–Crippen LogP) is 0.834. The maximum Gasteiger partial charge on any atom is 0.259 e. The predicted molar refractivity (Wildman–Crippen MR) is 115 cm³/mol. The van der Waals surface area contributed by atoms with Gasteiger partial charge in [0.2, 0.25) is 10.0 Å².